The van der Waals surface area contributed by atoms with Gasteiger partial charge in [0.2, 0.25) is 5.91 Å². The van der Waals surface area contributed by atoms with E-state index in [-0.39, 0.29) is 11.9 Å². The molecule has 0 aromatic carbocycles. The van der Waals surface area contributed by atoms with E-state index in [0.29, 0.717) is 44.0 Å². The molecule has 0 radical (unpaired) electrons. The summed E-state index contributed by atoms with van der Waals surface area (Å²) >= 11 is 0. The molecule has 118 valence electrons. The van der Waals surface area contributed by atoms with Gasteiger partial charge in [-0.2, -0.15) is 0 Å². The van der Waals surface area contributed by atoms with E-state index in [2.05, 4.69) is 10.6 Å². The van der Waals surface area contributed by atoms with Crippen molar-refractivity contribution in [2.45, 2.75) is 26.2 Å². The van der Waals surface area contributed by atoms with E-state index in [0.717, 1.165) is 32.4 Å². The Morgan fingerprint density at radius 2 is 1.76 bits per heavy atom. The monoisotopic (exact) mass is 294 g/mol. The molecule has 1 saturated carbocycles. The average Bonchev–Trinajstić information content (AvgIpc) is 3.21. The molecule has 0 aromatic heterocycles. The van der Waals surface area contributed by atoms with Gasteiger partial charge in [-0.15, -0.1) is 0 Å². The van der Waals surface area contributed by atoms with E-state index in [9.17, 15) is 9.59 Å². The van der Waals surface area contributed by atoms with Crippen LogP contribution < -0.4 is 10.6 Å². The van der Waals surface area contributed by atoms with Gasteiger partial charge in [0.1, 0.15) is 0 Å². The third-order valence-electron chi connectivity index (χ3n) is 5.29. The first kappa shape index (κ1) is 14.6. The standard InChI is InChI=1S/C15H26N4O2/c1-2-17-14(21)19-9-7-18(8-10-19)13(20)12-11-15(12)3-5-16-6-4-15/h12,16H,2-11H2,1H3,(H,17,21). The predicted octanol–water partition coefficient (Wildman–Crippen LogP) is 0.250. The lowest BCUT2D eigenvalue weighted by atomic mass is 9.91. The van der Waals surface area contributed by atoms with Crippen molar-refractivity contribution in [1.82, 2.24) is 20.4 Å². The maximum atomic E-state index is 12.6. The molecular weight excluding hydrogens is 268 g/mol. The second-order valence-corrected chi connectivity index (χ2v) is 6.52. The number of hydrogen-bond acceptors (Lipinski definition) is 3. The van der Waals surface area contributed by atoms with E-state index in [1.807, 2.05) is 11.8 Å². The van der Waals surface area contributed by atoms with Crippen molar-refractivity contribution in [2.24, 2.45) is 11.3 Å². The van der Waals surface area contributed by atoms with Gasteiger partial charge >= 0.3 is 6.03 Å². The molecule has 3 amide bonds. The van der Waals surface area contributed by atoms with Crippen molar-refractivity contribution in [3.8, 4) is 0 Å². The topological polar surface area (TPSA) is 64.7 Å². The highest BCUT2D eigenvalue weighted by Gasteiger charge is 2.58. The Bertz CT molecular complexity index is 412. The van der Waals surface area contributed by atoms with Crippen LogP contribution in [0.25, 0.3) is 0 Å². The Morgan fingerprint density at radius 3 is 2.38 bits per heavy atom. The van der Waals surface area contributed by atoms with E-state index in [1.54, 1.807) is 4.90 Å². The Balaban J connectivity index is 1.49. The Labute approximate surface area is 126 Å². The summed E-state index contributed by atoms with van der Waals surface area (Å²) in [7, 11) is 0. The van der Waals surface area contributed by atoms with Crippen LogP contribution in [0.2, 0.25) is 0 Å². The molecule has 6 heteroatoms. The maximum Gasteiger partial charge on any atom is 0.317 e. The summed E-state index contributed by atoms with van der Waals surface area (Å²) in [6.45, 7) is 7.34. The van der Waals surface area contributed by atoms with Crippen LogP contribution in [-0.4, -0.2) is 67.6 Å². The third-order valence-corrected chi connectivity index (χ3v) is 5.29. The van der Waals surface area contributed by atoms with E-state index in [1.165, 1.54) is 0 Å². The van der Waals surface area contributed by atoms with Crippen molar-refractivity contribution < 1.29 is 9.59 Å². The number of nitrogens with zero attached hydrogens (tertiary/aromatic N) is 2. The Hall–Kier alpha value is -1.30. The van der Waals surface area contributed by atoms with Gasteiger partial charge in [0, 0.05) is 38.6 Å². The molecule has 3 fully saturated rings. The van der Waals surface area contributed by atoms with Crippen molar-refractivity contribution in [2.75, 3.05) is 45.8 Å². The molecule has 3 aliphatic rings. The third kappa shape index (κ3) is 2.86. The van der Waals surface area contributed by atoms with Crippen molar-refractivity contribution >= 4 is 11.9 Å². The molecule has 0 bridgehead atoms. The van der Waals surface area contributed by atoms with Gasteiger partial charge < -0.3 is 20.4 Å². The zero-order valence-electron chi connectivity index (χ0n) is 12.9. The number of urea groups is 1. The minimum absolute atomic E-state index is 0.00848. The summed E-state index contributed by atoms with van der Waals surface area (Å²) < 4.78 is 0. The van der Waals surface area contributed by atoms with Gasteiger partial charge in [-0.25, -0.2) is 4.79 Å². The number of amides is 3. The fourth-order valence-corrected chi connectivity index (χ4v) is 3.79. The minimum atomic E-state index is -0.00848. The Morgan fingerprint density at radius 1 is 1.14 bits per heavy atom. The van der Waals surface area contributed by atoms with Crippen LogP contribution in [0.1, 0.15) is 26.2 Å². The molecule has 1 atom stereocenters. The molecule has 1 unspecified atom stereocenters. The lowest BCUT2D eigenvalue weighted by molar-refractivity contribution is -0.135. The Kier molecular flexibility index (Phi) is 4.06. The van der Waals surface area contributed by atoms with Crippen LogP contribution in [0.15, 0.2) is 0 Å². The van der Waals surface area contributed by atoms with E-state index in [4.69, 9.17) is 0 Å². The van der Waals surface area contributed by atoms with Crippen molar-refractivity contribution in [3.63, 3.8) is 0 Å². The quantitative estimate of drug-likeness (QED) is 0.767. The molecule has 2 saturated heterocycles. The summed E-state index contributed by atoms with van der Waals surface area (Å²) in [5, 5.41) is 6.19. The average molecular weight is 294 g/mol. The summed E-state index contributed by atoms with van der Waals surface area (Å²) in [5.41, 5.74) is 0.305. The number of nitrogens with one attached hydrogen (secondary N) is 2. The molecule has 3 rings (SSSR count). The molecule has 1 spiro atoms. The van der Waals surface area contributed by atoms with Crippen LogP contribution >= 0.6 is 0 Å². The molecular formula is C15H26N4O2. The molecule has 2 aliphatic heterocycles. The van der Waals surface area contributed by atoms with Gasteiger partial charge in [0.05, 0.1) is 0 Å². The van der Waals surface area contributed by atoms with Gasteiger partial charge in [0.15, 0.2) is 0 Å². The second-order valence-electron chi connectivity index (χ2n) is 6.52. The van der Waals surface area contributed by atoms with E-state index >= 15 is 0 Å². The fourth-order valence-electron chi connectivity index (χ4n) is 3.79. The van der Waals surface area contributed by atoms with Crippen molar-refractivity contribution in [1.29, 1.82) is 0 Å². The highest BCUT2D eigenvalue weighted by molar-refractivity contribution is 5.83. The number of carbonyl (C=O) groups excluding carboxylic acids is 2. The molecule has 2 N–H and O–H groups in total. The summed E-state index contributed by atoms with van der Waals surface area (Å²) in [6.07, 6.45) is 3.36. The minimum Gasteiger partial charge on any atom is -0.339 e. The van der Waals surface area contributed by atoms with Crippen LogP contribution in [0.3, 0.4) is 0 Å². The highest BCUT2D eigenvalue weighted by Crippen LogP contribution is 2.59. The summed E-state index contributed by atoms with van der Waals surface area (Å²) in [6, 6.07) is -0.00848. The zero-order chi connectivity index (χ0) is 14.9. The van der Waals surface area contributed by atoms with Crippen molar-refractivity contribution in [3.05, 3.63) is 0 Å². The van der Waals surface area contributed by atoms with Crippen LogP contribution in [0.4, 0.5) is 4.79 Å². The predicted molar refractivity (Wildman–Crippen MR) is 79.9 cm³/mol. The fraction of sp³-hybridized carbons (Fsp3) is 0.867. The first-order chi connectivity index (χ1) is 10.2. The smallest absolute Gasteiger partial charge is 0.317 e. The maximum absolute atomic E-state index is 12.6. The zero-order valence-corrected chi connectivity index (χ0v) is 12.9. The molecule has 2 heterocycles. The van der Waals surface area contributed by atoms with Gasteiger partial charge in [-0.1, -0.05) is 0 Å². The van der Waals surface area contributed by atoms with Gasteiger partial charge in [-0.05, 0) is 44.7 Å². The lowest BCUT2D eigenvalue weighted by Crippen LogP contribution is -2.53. The lowest BCUT2D eigenvalue weighted by Gasteiger charge is -2.35. The number of carbonyl (C=O) groups is 2. The first-order valence-electron chi connectivity index (χ1n) is 8.18. The number of piperazine rings is 1. The normalized spacial score (nSPS) is 27.6. The highest BCUT2D eigenvalue weighted by atomic mass is 16.2. The number of hydrogen-bond donors (Lipinski definition) is 2. The summed E-state index contributed by atoms with van der Waals surface area (Å²) in [4.78, 5) is 28.2. The molecule has 6 nitrogen and oxygen atoms in total. The van der Waals surface area contributed by atoms with Gasteiger partial charge in [0.25, 0.3) is 0 Å². The number of piperidine rings is 1. The molecule has 21 heavy (non-hydrogen) atoms. The largest absolute Gasteiger partial charge is 0.339 e. The molecule has 1 aliphatic carbocycles. The number of rotatable bonds is 2. The van der Waals surface area contributed by atoms with Crippen LogP contribution in [0.5, 0.6) is 0 Å². The van der Waals surface area contributed by atoms with Crippen LogP contribution in [0, 0.1) is 11.3 Å². The first-order valence-corrected chi connectivity index (χ1v) is 8.18. The summed E-state index contributed by atoms with van der Waals surface area (Å²) in [5.74, 6) is 0.572. The second kappa shape index (κ2) is 5.83. The van der Waals surface area contributed by atoms with E-state index < -0.39 is 0 Å². The van der Waals surface area contributed by atoms with Crippen LogP contribution in [-0.2, 0) is 4.79 Å². The SMILES string of the molecule is CCNC(=O)N1CCN(C(=O)C2CC23CCNCC3)CC1. The molecule has 0 aromatic rings. The van der Waals surface area contributed by atoms with Gasteiger partial charge in [-0.3, -0.25) is 4.79 Å².